The molecular weight excluding hydrogens is 346 g/mol. The molecule has 0 spiro atoms. The number of halogens is 1. The largest absolute Gasteiger partial charge is 0.495 e. The van der Waals surface area contributed by atoms with E-state index in [4.69, 9.17) is 4.74 Å². The number of aliphatic hydroxyl groups excluding tert-OH is 1. The standard InChI is InChI=1S/C17H16BrNO3/c1-22-15-9-12(7-8-14(15)18)19-16(20)10-13(17(19)21)11-5-3-2-4-6-11/h2-9,13,16,20H,10H2,1H3/t13-,16+/m0/s1. The zero-order chi connectivity index (χ0) is 15.7. The molecule has 2 atom stereocenters. The zero-order valence-electron chi connectivity index (χ0n) is 12.1. The summed E-state index contributed by atoms with van der Waals surface area (Å²) in [6, 6.07) is 14.9. The van der Waals surface area contributed by atoms with Crippen LogP contribution in [0.4, 0.5) is 5.69 Å². The fraction of sp³-hybridized carbons (Fsp3) is 0.235. The third-order valence-corrected chi connectivity index (χ3v) is 4.55. The van der Waals surface area contributed by atoms with Crippen molar-refractivity contribution in [1.82, 2.24) is 0 Å². The van der Waals surface area contributed by atoms with Gasteiger partial charge in [-0.05, 0) is 33.6 Å². The summed E-state index contributed by atoms with van der Waals surface area (Å²) in [5, 5.41) is 10.3. The number of anilines is 1. The van der Waals surface area contributed by atoms with Crippen LogP contribution in [0.15, 0.2) is 53.0 Å². The maximum atomic E-state index is 12.7. The van der Waals surface area contributed by atoms with E-state index in [9.17, 15) is 9.90 Å². The van der Waals surface area contributed by atoms with Crippen molar-refractivity contribution < 1.29 is 14.6 Å². The number of hydrogen-bond donors (Lipinski definition) is 1. The number of methoxy groups -OCH3 is 1. The summed E-state index contributed by atoms with van der Waals surface area (Å²) in [7, 11) is 1.57. The molecule has 0 aromatic heterocycles. The summed E-state index contributed by atoms with van der Waals surface area (Å²) in [4.78, 5) is 14.2. The van der Waals surface area contributed by atoms with Crippen LogP contribution in [0.25, 0.3) is 0 Å². The molecule has 0 radical (unpaired) electrons. The zero-order valence-corrected chi connectivity index (χ0v) is 13.7. The Morgan fingerprint density at radius 3 is 2.64 bits per heavy atom. The van der Waals surface area contributed by atoms with Crippen LogP contribution in [-0.2, 0) is 4.79 Å². The number of benzene rings is 2. The first-order valence-electron chi connectivity index (χ1n) is 7.01. The van der Waals surface area contributed by atoms with Gasteiger partial charge in [0.1, 0.15) is 12.0 Å². The molecular formula is C17H16BrNO3. The van der Waals surface area contributed by atoms with Gasteiger partial charge in [-0.1, -0.05) is 30.3 Å². The summed E-state index contributed by atoms with van der Waals surface area (Å²) in [6.45, 7) is 0. The van der Waals surface area contributed by atoms with Crippen molar-refractivity contribution in [2.24, 2.45) is 0 Å². The Morgan fingerprint density at radius 2 is 1.95 bits per heavy atom. The van der Waals surface area contributed by atoms with Gasteiger partial charge >= 0.3 is 0 Å². The van der Waals surface area contributed by atoms with E-state index in [-0.39, 0.29) is 11.8 Å². The van der Waals surface area contributed by atoms with Crippen molar-refractivity contribution in [3.05, 3.63) is 58.6 Å². The fourth-order valence-corrected chi connectivity index (χ4v) is 3.20. The Balaban J connectivity index is 1.93. The molecule has 114 valence electrons. The monoisotopic (exact) mass is 361 g/mol. The van der Waals surface area contributed by atoms with Crippen molar-refractivity contribution in [3.8, 4) is 5.75 Å². The molecule has 3 rings (SSSR count). The fourth-order valence-electron chi connectivity index (χ4n) is 2.79. The third-order valence-electron chi connectivity index (χ3n) is 3.89. The minimum Gasteiger partial charge on any atom is -0.495 e. The predicted octanol–water partition coefficient (Wildman–Crippen LogP) is 3.30. The summed E-state index contributed by atoms with van der Waals surface area (Å²) >= 11 is 3.39. The molecule has 1 N–H and O–H groups in total. The topological polar surface area (TPSA) is 49.8 Å². The van der Waals surface area contributed by atoms with Crippen LogP contribution >= 0.6 is 15.9 Å². The molecule has 0 unspecified atom stereocenters. The Labute approximate surface area is 137 Å². The Bertz CT molecular complexity index is 690. The van der Waals surface area contributed by atoms with Gasteiger partial charge in [-0.3, -0.25) is 9.69 Å². The lowest BCUT2D eigenvalue weighted by molar-refractivity contribution is -0.118. The molecule has 0 aliphatic carbocycles. The van der Waals surface area contributed by atoms with Gasteiger partial charge < -0.3 is 9.84 Å². The SMILES string of the molecule is COc1cc(N2C(=O)[C@H](c3ccccc3)C[C@H]2O)ccc1Br. The highest BCUT2D eigenvalue weighted by Crippen LogP contribution is 2.38. The highest BCUT2D eigenvalue weighted by molar-refractivity contribution is 9.10. The Hall–Kier alpha value is -1.85. The normalized spacial score (nSPS) is 21.2. The second kappa shape index (κ2) is 6.10. The molecule has 4 nitrogen and oxygen atoms in total. The molecule has 0 saturated carbocycles. The van der Waals surface area contributed by atoms with E-state index in [2.05, 4.69) is 15.9 Å². The quantitative estimate of drug-likeness (QED) is 0.912. The number of carbonyl (C=O) groups excluding carboxylic acids is 1. The summed E-state index contributed by atoms with van der Waals surface area (Å²) in [5.41, 5.74) is 1.56. The third kappa shape index (κ3) is 2.62. The van der Waals surface area contributed by atoms with Gasteiger partial charge in [-0.15, -0.1) is 0 Å². The number of hydrogen-bond acceptors (Lipinski definition) is 3. The van der Waals surface area contributed by atoms with Gasteiger partial charge in [-0.2, -0.15) is 0 Å². The Morgan fingerprint density at radius 1 is 1.23 bits per heavy atom. The lowest BCUT2D eigenvalue weighted by atomic mass is 9.97. The first-order chi connectivity index (χ1) is 10.6. The highest BCUT2D eigenvalue weighted by Gasteiger charge is 2.40. The van der Waals surface area contributed by atoms with Crippen LogP contribution in [-0.4, -0.2) is 24.4 Å². The lowest BCUT2D eigenvalue weighted by Crippen LogP contribution is -2.33. The van der Waals surface area contributed by atoms with Crippen molar-refractivity contribution in [2.45, 2.75) is 18.6 Å². The van der Waals surface area contributed by atoms with Gasteiger partial charge in [0.2, 0.25) is 5.91 Å². The molecule has 1 aliphatic heterocycles. The van der Waals surface area contributed by atoms with Crippen LogP contribution in [0, 0.1) is 0 Å². The first-order valence-corrected chi connectivity index (χ1v) is 7.80. The number of carbonyl (C=O) groups is 1. The molecule has 22 heavy (non-hydrogen) atoms. The number of nitrogens with zero attached hydrogens (tertiary/aromatic N) is 1. The van der Waals surface area contributed by atoms with E-state index in [0.717, 1.165) is 10.0 Å². The van der Waals surface area contributed by atoms with Crippen molar-refractivity contribution in [1.29, 1.82) is 0 Å². The summed E-state index contributed by atoms with van der Waals surface area (Å²) in [6.07, 6.45) is -0.440. The molecule has 5 heteroatoms. The van der Waals surface area contributed by atoms with Crippen LogP contribution in [0.1, 0.15) is 17.9 Å². The van der Waals surface area contributed by atoms with Crippen LogP contribution < -0.4 is 9.64 Å². The first kappa shape index (κ1) is 15.1. The van der Waals surface area contributed by atoms with E-state index < -0.39 is 6.23 Å². The minimum atomic E-state index is -0.830. The van der Waals surface area contributed by atoms with E-state index in [1.807, 2.05) is 36.4 Å². The van der Waals surface area contributed by atoms with Gasteiger partial charge in [0.25, 0.3) is 0 Å². The molecule has 1 fully saturated rings. The molecule has 1 heterocycles. The second-order valence-corrected chi connectivity index (χ2v) is 6.06. The van der Waals surface area contributed by atoms with E-state index in [0.29, 0.717) is 17.9 Å². The van der Waals surface area contributed by atoms with Gasteiger partial charge in [0, 0.05) is 12.5 Å². The molecule has 0 bridgehead atoms. The Kier molecular flexibility index (Phi) is 4.18. The molecule has 1 saturated heterocycles. The van der Waals surface area contributed by atoms with E-state index in [1.54, 1.807) is 19.2 Å². The molecule has 2 aromatic carbocycles. The lowest BCUT2D eigenvalue weighted by Gasteiger charge is -2.21. The number of amides is 1. The van der Waals surface area contributed by atoms with Crippen molar-refractivity contribution in [3.63, 3.8) is 0 Å². The number of rotatable bonds is 3. The summed E-state index contributed by atoms with van der Waals surface area (Å²) in [5.74, 6) is 0.217. The van der Waals surface area contributed by atoms with Crippen LogP contribution in [0.3, 0.4) is 0 Å². The highest BCUT2D eigenvalue weighted by atomic mass is 79.9. The van der Waals surface area contributed by atoms with Crippen LogP contribution in [0.2, 0.25) is 0 Å². The van der Waals surface area contributed by atoms with Crippen molar-refractivity contribution in [2.75, 3.05) is 12.0 Å². The van der Waals surface area contributed by atoms with E-state index in [1.165, 1.54) is 4.90 Å². The van der Waals surface area contributed by atoms with Gasteiger partial charge in [-0.25, -0.2) is 0 Å². The van der Waals surface area contributed by atoms with Gasteiger partial charge in [0.05, 0.1) is 23.2 Å². The molecule has 1 aliphatic rings. The average Bonchev–Trinajstić information content (AvgIpc) is 2.84. The number of ether oxygens (including phenoxy) is 1. The maximum Gasteiger partial charge on any atom is 0.236 e. The average molecular weight is 362 g/mol. The van der Waals surface area contributed by atoms with Gasteiger partial charge in [0.15, 0.2) is 0 Å². The maximum absolute atomic E-state index is 12.7. The predicted molar refractivity (Wildman–Crippen MR) is 88.0 cm³/mol. The summed E-state index contributed by atoms with van der Waals surface area (Å²) < 4.78 is 6.07. The number of aliphatic hydroxyl groups is 1. The molecule has 1 amide bonds. The second-order valence-electron chi connectivity index (χ2n) is 5.21. The molecule has 2 aromatic rings. The van der Waals surface area contributed by atoms with Crippen molar-refractivity contribution >= 4 is 27.5 Å². The minimum absolute atomic E-state index is 0.0944. The smallest absolute Gasteiger partial charge is 0.236 e. The van der Waals surface area contributed by atoms with Crippen LogP contribution in [0.5, 0.6) is 5.75 Å². The van der Waals surface area contributed by atoms with E-state index >= 15 is 0 Å².